The maximum Gasteiger partial charge on any atom is 0.243 e. The molecule has 4 amide bonds. The second-order valence-corrected chi connectivity index (χ2v) is 11.3. The van der Waals surface area contributed by atoms with Crippen LogP contribution in [0.5, 0.6) is 0 Å². The van der Waals surface area contributed by atoms with Crippen LogP contribution in [-0.4, -0.2) is 54.8 Å². The van der Waals surface area contributed by atoms with E-state index in [9.17, 15) is 19.2 Å². The van der Waals surface area contributed by atoms with E-state index >= 15 is 0 Å². The van der Waals surface area contributed by atoms with Gasteiger partial charge in [0.25, 0.3) is 0 Å². The van der Waals surface area contributed by atoms with Gasteiger partial charge in [-0.1, -0.05) is 72.6 Å². The van der Waals surface area contributed by atoms with Crippen LogP contribution in [0.3, 0.4) is 0 Å². The van der Waals surface area contributed by atoms with Gasteiger partial charge in [0.2, 0.25) is 23.6 Å². The standard InChI is InChI=1S/C27H51N5O4/c1-5-6-7-8-9-10-11-14-20-17-23(33)29-19-24(34)31-21(15-12-13-16-28)25(35)32-22(26(36)30-20)18-27(2,3)4/h20-22H,5-19,28H2,1-4H3,(H,29,33)(H,30,36)(H,31,34)(H,32,35)/t20-,21+,22+/m1/s1. The van der Waals surface area contributed by atoms with E-state index in [2.05, 4.69) is 28.2 Å². The summed E-state index contributed by atoms with van der Waals surface area (Å²) in [7, 11) is 0. The molecule has 1 saturated heterocycles. The summed E-state index contributed by atoms with van der Waals surface area (Å²) in [6.07, 6.45) is 11.0. The Morgan fingerprint density at radius 3 is 2.00 bits per heavy atom. The predicted octanol–water partition coefficient (Wildman–Crippen LogP) is 2.67. The van der Waals surface area contributed by atoms with Gasteiger partial charge in [-0.2, -0.15) is 0 Å². The second-order valence-electron chi connectivity index (χ2n) is 11.3. The van der Waals surface area contributed by atoms with E-state index in [0.29, 0.717) is 32.2 Å². The van der Waals surface area contributed by atoms with E-state index in [4.69, 9.17) is 5.73 Å². The first-order chi connectivity index (χ1) is 17.1. The Bertz CT molecular complexity index is 692. The highest BCUT2D eigenvalue weighted by molar-refractivity contribution is 5.93. The zero-order valence-electron chi connectivity index (χ0n) is 23.0. The van der Waals surface area contributed by atoms with E-state index in [0.717, 1.165) is 25.7 Å². The minimum Gasteiger partial charge on any atom is -0.351 e. The van der Waals surface area contributed by atoms with Gasteiger partial charge in [-0.05, 0) is 44.1 Å². The number of unbranched alkanes of at least 4 members (excludes halogenated alkanes) is 7. The summed E-state index contributed by atoms with van der Waals surface area (Å²) < 4.78 is 0. The molecule has 1 heterocycles. The molecule has 0 aliphatic carbocycles. The molecule has 1 aliphatic heterocycles. The van der Waals surface area contributed by atoms with E-state index < -0.39 is 18.0 Å². The molecule has 0 unspecified atom stereocenters. The second kappa shape index (κ2) is 17.3. The summed E-state index contributed by atoms with van der Waals surface area (Å²) >= 11 is 0. The van der Waals surface area contributed by atoms with Crippen LogP contribution in [0.1, 0.15) is 111 Å². The Morgan fingerprint density at radius 1 is 0.750 bits per heavy atom. The molecule has 3 atom stereocenters. The lowest BCUT2D eigenvalue weighted by atomic mass is 9.87. The van der Waals surface area contributed by atoms with Gasteiger partial charge in [0.05, 0.1) is 6.54 Å². The zero-order valence-corrected chi connectivity index (χ0v) is 23.0. The average Bonchev–Trinajstić information content (AvgIpc) is 2.80. The Kier molecular flexibility index (Phi) is 15.3. The van der Waals surface area contributed by atoms with E-state index in [1.54, 1.807) is 0 Å². The third-order valence-corrected chi connectivity index (χ3v) is 6.43. The molecule has 6 N–H and O–H groups in total. The number of hydrogen-bond donors (Lipinski definition) is 5. The summed E-state index contributed by atoms with van der Waals surface area (Å²) in [6, 6.07) is -1.90. The van der Waals surface area contributed by atoms with Crippen LogP contribution in [0, 0.1) is 5.41 Å². The summed E-state index contributed by atoms with van der Waals surface area (Å²) in [4.78, 5) is 51.5. The molecule has 0 saturated carbocycles. The monoisotopic (exact) mass is 509 g/mol. The summed E-state index contributed by atoms with van der Waals surface area (Å²) in [6.45, 7) is 8.52. The van der Waals surface area contributed by atoms with Crippen LogP contribution >= 0.6 is 0 Å². The van der Waals surface area contributed by atoms with Crippen molar-refractivity contribution in [3.05, 3.63) is 0 Å². The molecule has 208 valence electrons. The fourth-order valence-corrected chi connectivity index (χ4v) is 4.45. The Morgan fingerprint density at radius 2 is 1.36 bits per heavy atom. The van der Waals surface area contributed by atoms with Gasteiger partial charge < -0.3 is 27.0 Å². The molecule has 0 radical (unpaired) electrons. The van der Waals surface area contributed by atoms with Crippen LogP contribution in [0.25, 0.3) is 0 Å². The smallest absolute Gasteiger partial charge is 0.243 e. The molecule has 0 aromatic rings. The molecule has 0 aromatic carbocycles. The van der Waals surface area contributed by atoms with Gasteiger partial charge in [-0.25, -0.2) is 0 Å². The van der Waals surface area contributed by atoms with Crippen molar-refractivity contribution in [1.82, 2.24) is 21.3 Å². The van der Waals surface area contributed by atoms with Crippen molar-refractivity contribution in [3.8, 4) is 0 Å². The number of rotatable bonds is 13. The van der Waals surface area contributed by atoms with Gasteiger partial charge in [0.1, 0.15) is 12.1 Å². The first-order valence-electron chi connectivity index (χ1n) is 13.9. The van der Waals surface area contributed by atoms with Crippen LogP contribution in [0.2, 0.25) is 0 Å². The molecule has 0 aromatic heterocycles. The molecule has 1 aliphatic rings. The molecular formula is C27H51N5O4. The van der Waals surface area contributed by atoms with Gasteiger partial charge in [0.15, 0.2) is 0 Å². The lowest BCUT2D eigenvalue weighted by molar-refractivity contribution is -0.132. The molecule has 0 bridgehead atoms. The third-order valence-electron chi connectivity index (χ3n) is 6.43. The Labute approximate surface area is 217 Å². The van der Waals surface area contributed by atoms with Crippen LogP contribution in [0.15, 0.2) is 0 Å². The highest BCUT2D eigenvalue weighted by Crippen LogP contribution is 2.22. The van der Waals surface area contributed by atoms with E-state index in [-0.39, 0.29) is 42.1 Å². The van der Waals surface area contributed by atoms with Crippen molar-refractivity contribution in [3.63, 3.8) is 0 Å². The maximum atomic E-state index is 13.3. The van der Waals surface area contributed by atoms with Gasteiger partial charge in [0, 0.05) is 12.5 Å². The van der Waals surface area contributed by atoms with Crippen LogP contribution in [0.4, 0.5) is 0 Å². The molecular weight excluding hydrogens is 458 g/mol. The van der Waals surface area contributed by atoms with Gasteiger partial charge in [-0.15, -0.1) is 0 Å². The Hall–Kier alpha value is -2.16. The van der Waals surface area contributed by atoms with Crippen molar-refractivity contribution in [2.45, 2.75) is 129 Å². The fraction of sp³-hybridized carbons (Fsp3) is 0.852. The Balaban J connectivity index is 2.97. The normalized spacial score (nSPS) is 22.4. The molecule has 9 heteroatoms. The zero-order chi connectivity index (χ0) is 27.0. The highest BCUT2D eigenvalue weighted by atomic mass is 16.2. The lowest BCUT2D eigenvalue weighted by Crippen LogP contribution is -2.55. The van der Waals surface area contributed by atoms with Gasteiger partial charge >= 0.3 is 0 Å². The number of carbonyl (C=O) groups excluding carboxylic acids is 4. The van der Waals surface area contributed by atoms with Crippen molar-refractivity contribution >= 4 is 23.6 Å². The number of hydrogen-bond acceptors (Lipinski definition) is 5. The first kappa shape index (κ1) is 31.9. The molecule has 9 nitrogen and oxygen atoms in total. The third kappa shape index (κ3) is 14.4. The molecule has 36 heavy (non-hydrogen) atoms. The number of amides is 4. The highest BCUT2D eigenvalue weighted by Gasteiger charge is 2.31. The van der Waals surface area contributed by atoms with E-state index in [1.165, 1.54) is 25.7 Å². The summed E-state index contributed by atoms with van der Waals surface area (Å²) in [5, 5.41) is 11.3. The van der Waals surface area contributed by atoms with Crippen molar-refractivity contribution in [2.75, 3.05) is 13.1 Å². The van der Waals surface area contributed by atoms with Crippen LogP contribution in [-0.2, 0) is 19.2 Å². The molecule has 0 spiro atoms. The van der Waals surface area contributed by atoms with Crippen molar-refractivity contribution in [1.29, 1.82) is 0 Å². The number of nitrogens with two attached hydrogens (primary N) is 1. The predicted molar refractivity (Wildman–Crippen MR) is 143 cm³/mol. The molecule has 1 fully saturated rings. The lowest BCUT2D eigenvalue weighted by Gasteiger charge is -2.29. The quantitative estimate of drug-likeness (QED) is 0.243. The van der Waals surface area contributed by atoms with Crippen LogP contribution < -0.4 is 27.0 Å². The topological polar surface area (TPSA) is 142 Å². The van der Waals surface area contributed by atoms with Crippen molar-refractivity contribution in [2.24, 2.45) is 11.1 Å². The van der Waals surface area contributed by atoms with Gasteiger partial charge in [-0.3, -0.25) is 19.2 Å². The van der Waals surface area contributed by atoms with Crippen molar-refractivity contribution < 1.29 is 19.2 Å². The maximum absolute atomic E-state index is 13.3. The summed E-state index contributed by atoms with van der Waals surface area (Å²) in [5.41, 5.74) is 5.37. The minimum atomic E-state index is -0.791. The molecule has 1 rings (SSSR count). The first-order valence-corrected chi connectivity index (χ1v) is 13.9. The fourth-order valence-electron chi connectivity index (χ4n) is 4.45. The average molecular weight is 510 g/mol. The minimum absolute atomic E-state index is 0.102. The number of carbonyl (C=O) groups is 4. The number of nitrogens with one attached hydrogen (secondary N) is 4. The summed E-state index contributed by atoms with van der Waals surface area (Å²) in [5.74, 6) is -1.39. The largest absolute Gasteiger partial charge is 0.351 e. The SMILES string of the molecule is CCCCCCCCC[C@@H]1CC(=O)NCC(=O)N[C@@H](CCCCN)C(=O)N[C@@H](CC(C)(C)C)C(=O)N1. The van der Waals surface area contributed by atoms with E-state index in [1.807, 2.05) is 20.8 Å².